The van der Waals surface area contributed by atoms with Gasteiger partial charge in [0.2, 0.25) is 0 Å². The van der Waals surface area contributed by atoms with Gasteiger partial charge in [-0.05, 0) is 24.1 Å². The average molecular weight is 347 g/mol. The van der Waals surface area contributed by atoms with Crippen LogP contribution in [0.25, 0.3) is 11.4 Å². The second-order valence-electron chi connectivity index (χ2n) is 5.66. The predicted octanol–water partition coefficient (Wildman–Crippen LogP) is 1.30. The Hall–Kier alpha value is -3.01. The zero-order chi connectivity index (χ0) is 17.6. The fourth-order valence-electron chi connectivity index (χ4n) is 2.72. The van der Waals surface area contributed by atoms with Crippen LogP contribution in [0.5, 0.6) is 0 Å². The third-order valence-electron chi connectivity index (χ3n) is 3.90. The van der Waals surface area contributed by atoms with Gasteiger partial charge in [-0.2, -0.15) is 9.61 Å². The molecular weight excluding hydrogens is 335 g/mol. The Balaban J connectivity index is 1.60. The van der Waals surface area contributed by atoms with Crippen LogP contribution in [0.4, 0.5) is 13.2 Å². The molecule has 0 radical (unpaired) electrons. The number of aromatic nitrogens is 6. The van der Waals surface area contributed by atoms with Gasteiger partial charge in [-0.1, -0.05) is 0 Å². The molecule has 128 valence electrons. The number of nitrogens with two attached hydrogens (primary N) is 1. The predicted molar refractivity (Wildman–Crippen MR) is 81.2 cm³/mol. The Morgan fingerprint density at radius 3 is 2.68 bits per heavy atom. The molecule has 3 aromatic heterocycles. The number of rotatable bonds is 4. The number of hydrogen-bond donors (Lipinski definition) is 1. The first-order valence-corrected chi connectivity index (χ1v) is 7.44. The van der Waals surface area contributed by atoms with Crippen molar-refractivity contribution in [2.45, 2.75) is 18.9 Å². The maximum Gasteiger partial charge on any atom is 0.258 e. The molecule has 0 aliphatic carbocycles. The van der Waals surface area contributed by atoms with Gasteiger partial charge < -0.3 is 5.73 Å². The first-order valence-electron chi connectivity index (χ1n) is 7.44. The van der Waals surface area contributed by atoms with Crippen LogP contribution in [0.15, 0.2) is 30.7 Å². The maximum absolute atomic E-state index is 13.7. The minimum absolute atomic E-state index is 0.0129. The highest BCUT2D eigenvalue weighted by Crippen LogP contribution is 2.16. The Bertz CT molecular complexity index is 1070. The number of fused-ring (bicyclic) bond motifs is 3. The smallest absolute Gasteiger partial charge is 0.258 e. The summed E-state index contributed by atoms with van der Waals surface area (Å²) in [6.07, 6.45) is 3.43. The van der Waals surface area contributed by atoms with Crippen molar-refractivity contribution in [2.24, 2.45) is 5.73 Å². The van der Waals surface area contributed by atoms with Crippen molar-refractivity contribution >= 4 is 11.4 Å². The van der Waals surface area contributed by atoms with Gasteiger partial charge in [0.05, 0.1) is 0 Å². The highest BCUT2D eigenvalue weighted by Gasteiger charge is 2.17. The first kappa shape index (κ1) is 15.5. The zero-order valence-corrected chi connectivity index (χ0v) is 12.8. The summed E-state index contributed by atoms with van der Waals surface area (Å²) in [5.74, 6) is -2.15. The van der Waals surface area contributed by atoms with Crippen molar-refractivity contribution in [3.63, 3.8) is 0 Å². The molecule has 1 aromatic carbocycles. The van der Waals surface area contributed by atoms with Crippen LogP contribution in [0, 0.1) is 17.5 Å². The van der Waals surface area contributed by atoms with Crippen molar-refractivity contribution in [3.05, 3.63) is 59.6 Å². The Labute approximate surface area is 138 Å². The van der Waals surface area contributed by atoms with Crippen molar-refractivity contribution in [2.75, 3.05) is 0 Å². The monoisotopic (exact) mass is 347 g/mol. The zero-order valence-electron chi connectivity index (χ0n) is 12.8. The largest absolute Gasteiger partial charge is 0.327 e. The summed E-state index contributed by atoms with van der Waals surface area (Å²) >= 11 is 0. The van der Waals surface area contributed by atoms with E-state index in [1.54, 1.807) is 16.7 Å². The summed E-state index contributed by atoms with van der Waals surface area (Å²) in [5, 5.41) is 12.2. The summed E-state index contributed by atoms with van der Waals surface area (Å²) in [7, 11) is 0. The van der Waals surface area contributed by atoms with Gasteiger partial charge in [-0.3, -0.25) is 4.40 Å². The van der Waals surface area contributed by atoms with Crippen LogP contribution < -0.4 is 5.73 Å². The lowest BCUT2D eigenvalue weighted by Gasteiger charge is -2.11. The lowest BCUT2D eigenvalue weighted by molar-refractivity contribution is 0.486. The molecule has 0 saturated carbocycles. The topological polar surface area (TPSA) is 86.4 Å². The van der Waals surface area contributed by atoms with Gasteiger partial charge in [0.15, 0.2) is 17.3 Å². The quantitative estimate of drug-likeness (QED) is 0.563. The van der Waals surface area contributed by atoms with E-state index in [2.05, 4.69) is 20.3 Å². The molecule has 0 unspecified atom stereocenters. The second-order valence-corrected chi connectivity index (χ2v) is 5.66. The van der Waals surface area contributed by atoms with Crippen molar-refractivity contribution < 1.29 is 13.2 Å². The Morgan fingerprint density at radius 2 is 1.84 bits per heavy atom. The number of benzene rings is 1. The highest BCUT2D eigenvalue weighted by atomic mass is 19.2. The van der Waals surface area contributed by atoms with E-state index in [9.17, 15) is 13.2 Å². The molecule has 0 bridgehead atoms. The third-order valence-corrected chi connectivity index (χ3v) is 3.90. The second kappa shape index (κ2) is 5.81. The van der Waals surface area contributed by atoms with Gasteiger partial charge >= 0.3 is 0 Å². The standard InChI is InChI=1S/C15H12F3N7/c16-10-6-12(18)11(17)4-8(10)3-9(19)5-14-22-23-15-24(14)2-1-13-20-7-21-25(13)15/h1-2,4,6-7,9H,3,5,19H2/t9-/m1/s1. The molecule has 0 spiro atoms. The molecule has 0 aliphatic rings. The van der Waals surface area contributed by atoms with Crippen LogP contribution in [-0.4, -0.2) is 35.2 Å². The van der Waals surface area contributed by atoms with Crippen molar-refractivity contribution in [1.29, 1.82) is 0 Å². The first-order chi connectivity index (χ1) is 12.0. The van der Waals surface area contributed by atoms with E-state index in [0.29, 0.717) is 23.3 Å². The molecule has 10 heteroatoms. The van der Waals surface area contributed by atoms with Crippen molar-refractivity contribution in [1.82, 2.24) is 29.2 Å². The number of halogens is 3. The molecule has 0 amide bonds. The molecule has 7 nitrogen and oxygen atoms in total. The van der Waals surface area contributed by atoms with E-state index in [1.165, 1.54) is 10.8 Å². The SMILES string of the molecule is N[C@H](Cc1cc(F)c(F)cc1F)Cc1nnc2n1ccc1ncnn12. The van der Waals surface area contributed by atoms with Crippen LogP contribution >= 0.6 is 0 Å². The molecular formula is C15H12F3N7. The molecule has 25 heavy (non-hydrogen) atoms. The molecule has 3 heterocycles. The lowest BCUT2D eigenvalue weighted by Crippen LogP contribution is -2.27. The summed E-state index contributed by atoms with van der Waals surface area (Å²) in [5.41, 5.74) is 6.68. The fraction of sp³-hybridized carbons (Fsp3) is 0.200. The molecule has 1 atom stereocenters. The van der Waals surface area contributed by atoms with E-state index >= 15 is 0 Å². The summed E-state index contributed by atoms with van der Waals surface area (Å²) in [4.78, 5) is 4.06. The van der Waals surface area contributed by atoms with E-state index in [0.717, 1.165) is 6.07 Å². The van der Waals surface area contributed by atoms with E-state index < -0.39 is 23.5 Å². The van der Waals surface area contributed by atoms with Crippen LogP contribution in [0.2, 0.25) is 0 Å². The highest BCUT2D eigenvalue weighted by molar-refractivity contribution is 5.44. The molecule has 0 saturated heterocycles. The molecule has 0 aliphatic heterocycles. The summed E-state index contributed by atoms with van der Waals surface area (Å²) in [6.45, 7) is 0. The minimum Gasteiger partial charge on any atom is -0.327 e. The maximum atomic E-state index is 13.7. The third kappa shape index (κ3) is 2.70. The fourth-order valence-corrected chi connectivity index (χ4v) is 2.72. The van der Waals surface area contributed by atoms with Gasteiger partial charge in [0, 0.05) is 24.7 Å². The minimum atomic E-state index is -1.23. The number of nitrogens with zero attached hydrogens (tertiary/aromatic N) is 6. The molecule has 2 N–H and O–H groups in total. The van der Waals surface area contributed by atoms with Crippen LogP contribution in [0.1, 0.15) is 11.4 Å². The van der Waals surface area contributed by atoms with Gasteiger partial charge in [-0.15, -0.1) is 10.2 Å². The molecule has 4 rings (SSSR count). The van der Waals surface area contributed by atoms with Gasteiger partial charge in [0.25, 0.3) is 5.78 Å². The van der Waals surface area contributed by atoms with Gasteiger partial charge in [-0.25, -0.2) is 18.2 Å². The van der Waals surface area contributed by atoms with E-state index in [4.69, 9.17) is 5.73 Å². The average Bonchev–Trinajstić information content (AvgIpc) is 3.19. The lowest BCUT2D eigenvalue weighted by atomic mass is 10.0. The normalized spacial score (nSPS) is 13.0. The summed E-state index contributed by atoms with van der Waals surface area (Å²) in [6, 6.07) is 2.53. The van der Waals surface area contributed by atoms with Crippen LogP contribution in [0.3, 0.4) is 0 Å². The van der Waals surface area contributed by atoms with Gasteiger partial charge in [0.1, 0.15) is 18.0 Å². The Kier molecular flexibility index (Phi) is 3.61. The van der Waals surface area contributed by atoms with E-state index in [1.807, 2.05) is 0 Å². The summed E-state index contributed by atoms with van der Waals surface area (Å²) < 4.78 is 43.3. The molecule has 4 aromatic rings. The van der Waals surface area contributed by atoms with E-state index in [-0.39, 0.29) is 18.4 Å². The van der Waals surface area contributed by atoms with Crippen LogP contribution in [-0.2, 0) is 12.8 Å². The van der Waals surface area contributed by atoms with Crippen molar-refractivity contribution in [3.8, 4) is 0 Å². The Morgan fingerprint density at radius 1 is 1.04 bits per heavy atom. The molecule has 0 fully saturated rings. The number of hydrogen-bond acceptors (Lipinski definition) is 5.